The fourth-order valence-electron chi connectivity index (χ4n) is 1.58. The third-order valence-electron chi connectivity index (χ3n) is 2.57. The van der Waals surface area contributed by atoms with Crippen molar-refractivity contribution in [1.82, 2.24) is 0 Å². The lowest BCUT2D eigenvalue weighted by Crippen LogP contribution is -2.57. The minimum absolute atomic E-state index is 0.222. The molecule has 0 spiro atoms. The smallest absolute Gasteiger partial charge is 0.379 e. The minimum Gasteiger partial charge on any atom is -0.379 e. The molecular formula is C10H7BrF3O. The SMILES string of the molecule is FC(F)(F)C1(c2cc[c]cc2Br)COC1. The predicted octanol–water partition coefficient (Wildman–Crippen LogP) is 3.08. The Morgan fingerprint density at radius 3 is 2.47 bits per heavy atom. The summed E-state index contributed by atoms with van der Waals surface area (Å²) >= 11 is 3.11. The van der Waals surface area contributed by atoms with Gasteiger partial charge in [-0.2, -0.15) is 13.2 Å². The summed E-state index contributed by atoms with van der Waals surface area (Å²) in [5.74, 6) is 0. The van der Waals surface area contributed by atoms with Crippen molar-refractivity contribution >= 4 is 15.9 Å². The molecule has 15 heavy (non-hydrogen) atoms. The molecule has 0 atom stereocenters. The summed E-state index contributed by atoms with van der Waals surface area (Å²) in [6.07, 6.45) is -4.28. The maximum absolute atomic E-state index is 12.9. The Hall–Kier alpha value is -0.550. The second-order valence-electron chi connectivity index (χ2n) is 3.48. The first-order valence-electron chi connectivity index (χ1n) is 4.28. The van der Waals surface area contributed by atoms with Gasteiger partial charge in [0, 0.05) is 4.47 Å². The Kier molecular flexibility index (Phi) is 2.55. The van der Waals surface area contributed by atoms with Crippen molar-refractivity contribution in [3.8, 4) is 0 Å². The molecule has 1 aliphatic heterocycles. The highest BCUT2D eigenvalue weighted by Crippen LogP contribution is 2.48. The molecule has 1 aromatic rings. The normalized spacial score (nSPS) is 19.7. The van der Waals surface area contributed by atoms with Gasteiger partial charge in [-0.15, -0.1) is 0 Å². The largest absolute Gasteiger partial charge is 0.402 e. The topological polar surface area (TPSA) is 9.23 Å². The standard InChI is InChI=1S/C10H7BrF3O/c11-8-4-2-1-3-7(8)9(5-15-6-9)10(12,13)14/h1,3-4H,5-6H2. The lowest BCUT2D eigenvalue weighted by atomic mass is 9.78. The molecule has 1 fully saturated rings. The number of benzene rings is 1. The zero-order valence-corrected chi connectivity index (χ0v) is 9.15. The molecule has 1 heterocycles. The van der Waals surface area contributed by atoms with E-state index in [1.54, 1.807) is 0 Å². The second-order valence-corrected chi connectivity index (χ2v) is 4.33. The Bertz CT molecular complexity index is 371. The van der Waals surface area contributed by atoms with E-state index in [0.29, 0.717) is 4.47 Å². The number of alkyl halides is 3. The molecule has 0 aliphatic carbocycles. The van der Waals surface area contributed by atoms with Gasteiger partial charge in [0.15, 0.2) is 0 Å². The Morgan fingerprint density at radius 1 is 1.40 bits per heavy atom. The molecule has 1 saturated heterocycles. The molecular weight excluding hydrogens is 273 g/mol. The van der Waals surface area contributed by atoms with E-state index in [-0.39, 0.29) is 18.8 Å². The Morgan fingerprint density at radius 2 is 2.07 bits per heavy atom. The van der Waals surface area contributed by atoms with Crippen LogP contribution in [0.15, 0.2) is 22.7 Å². The first kappa shape index (κ1) is 11.0. The lowest BCUT2D eigenvalue weighted by Gasteiger charge is -2.43. The van der Waals surface area contributed by atoms with Gasteiger partial charge in [-0.3, -0.25) is 0 Å². The van der Waals surface area contributed by atoms with E-state index in [0.717, 1.165) is 0 Å². The molecule has 1 nitrogen and oxygen atoms in total. The van der Waals surface area contributed by atoms with Crippen molar-refractivity contribution in [2.45, 2.75) is 11.6 Å². The summed E-state index contributed by atoms with van der Waals surface area (Å²) in [6.45, 7) is -0.613. The molecule has 0 N–H and O–H groups in total. The third kappa shape index (κ3) is 1.58. The average molecular weight is 280 g/mol. The number of hydrogen-bond acceptors (Lipinski definition) is 1. The molecule has 0 amide bonds. The first-order valence-corrected chi connectivity index (χ1v) is 5.07. The number of halogens is 4. The van der Waals surface area contributed by atoms with Gasteiger partial charge in [0.25, 0.3) is 0 Å². The summed E-state index contributed by atoms with van der Waals surface area (Å²) in [4.78, 5) is 0. The van der Waals surface area contributed by atoms with E-state index >= 15 is 0 Å². The molecule has 0 saturated carbocycles. The van der Waals surface area contributed by atoms with Gasteiger partial charge in [0.2, 0.25) is 0 Å². The molecule has 81 valence electrons. The van der Waals surface area contributed by atoms with Gasteiger partial charge in [0.05, 0.1) is 13.2 Å². The van der Waals surface area contributed by atoms with Gasteiger partial charge in [0.1, 0.15) is 5.41 Å². The van der Waals surface area contributed by atoms with E-state index in [1.165, 1.54) is 18.2 Å². The highest BCUT2D eigenvalue weighted by atomic mass is 79.9. The van der Waals surface area contributed by atoms with Crippen LogP contribution < -0.4 is 0 Å². The molecule has 5 heteroatoms. The maximum Gasteiger partial charge on any atom is 0.402 e. The van der Waals surface area contributed by atoms with Crippen molar-refractivity contribution in [2.75, 3.05) is 13.2 Å². The van der Waals surface area contributed by atoms with Crippen molar-refractivity contribution in [2.24, 2.45) is 0 Å². The summed E-state index contributed by atoms with van der Waals surface area (Å²) in [5.41, 5.74) is -1.62. The van der Waals surface area contributed by atoms with Crippen LogP contribution in [0, 0.1) is 6.07 Å². The van der Waals surface area contributed by atoms with Crippen LogP contribution in [0.1, 0.15) is 5.56 Å². The second kappa shape index (κ2) is 3.49. The molecule has 1 radical (unpaired) electrons. The van der Waals surface area contributed by atoms with E-state index in [2.05, 4.69) is 22.0 Å². The molecule has 2 rings (SSSR count). The van der Waals surface area contributed by atoms with Crippen LogP contribution >= 0.6 is 15.9 Å². The minimum atomic E-state index is -4.28. The number of rotatable bonds is 1. The van der Waals surface area contributed by atoms with Crippen LogP contribution in [-0.4, -0.2) is 19.4 Å². The zero-order valence-electron chi connectivity index (χ0n) is 7.57. The van der Waals surface area contributed by atoms with E-state index in [4.69, 9.17) is 4.74 Å². The van der Waals surface area contributed by atoms with Crippen molar-refractivity contribution in [1.29, 1.82) is 0 Å². The molecule has 0 unspecified atom stereocenters. The van der Waals surface area contributed by atoms with Crippen molar-refractivity contribution < 1.29 is 17.9 Å². The molecule has 0 bridgehead atoms. The fourth-order valence-corrected chi connectivity index (χ4v) is 2.22. The van der Waals surface area contributed by atoms with Crippen LogP contribution in [-0.2, 0) is 10.2 Å². The monoisotopic (exact) mass is 279 g/mol. The number of hydrogen-bond donors (Lipinski definition) is 0. The van der Waals surface area contributed by atoms with Gasteiger partial charge < -0.3 is 4.74 Å². The summed E-state index contributed by atoms with van der Waals surface area (Å²) < 4.78 is 43.9. The van der Waals surface area contributed by atoms with E-state index < -0.39 is 11.6 Å². The third-order valence-corrected chi connectivity index (χ3v) is 3.22. The molecule has 0 aromatic heterocycles. The number of ether oxygens (including phenoxy) is 1. The summed E-state index contributed by atoms with van der Waals surface area (Å²) in [7, 11) is 0. The Balaban J connectivity index is 2.48. The highest BCUT2D eigenvalue weighted by Gasteiger charge is 2.61. The van der Waals surface area contributed by atoms with E-state index in [1.807, 2.05) is 0 Å². The van der Waals surface area contributed by atoms with Crippen LogP contribution in [0.4, 0.5) is 13.2 Å². The van der Waals surface area contributed by atoms with Gasteiger partial charge >= 0.3 is 6.18 Å². The summed E-state index contributed by atoms with van der Waals surface area (Å²) in [6, 6.07) is 7.11. The van der Waals surface area contributed by atoms with Crippen LogP contribution in [0.5, 0.6) is 0 Å². The fraction of sp³-hybridized carbons (Fsp3) is 0.400. The van der Waals surface area contributed by atoms with E-state index in [9.17, 15) is 13.2 Å². The first-order chi connectivity index (χ1) is 6.97. The molecule has 1 aliphatic rings. The maximum atomic E-state index is 12.9. The highest BCUT2D eigenvalue weighted by molar-refractivity contribution is 9.10. The van der Waals surface area contributed by atoms with Crippen molar-refractivity contribution in [3.05, 3.63) is 34.3 Å². The van der Waals surface area contributed by atoms with Gasteiger partial charge in [-0.25, -0.2) is 0 Å². The summed E-state index contributed by atoms with van der Waals surface area (Å²) in [5, 5.41) is 0. The lowest BCUT2D eigenvalue weighted by molar-refractivity contribution is -0.262. The van der Waals surface area contributed by atoms with Crippen LogP contribution in [0.3, 0.4) is 0 Å². The van der Waals surface area contributed by atoms with Gasteiger partial charge in [-0.1, -0.05) is 28.1 Å². The van der Waals surface area contributed by atoms with Gasteiger partial charge in [-0.05, 0) is 17.7 Å². The van der Waals surface area contributed by atoms with Crippen molar-refractivity contribution in [3.63, 3.8) is 0 Å². The quantitative estimate of drug-likeness (QED) is 0.768. The Labute approximate surface area is 93.4 Å². The van der Waals surface area contributed by atoms with Crippen LogP contribution in [0.2, 0.25) is 0 Å². The predicted molar refractivity (Wildman–Crippen MR) is 51.5 cm³/mol. The average Bonchev–Trinajstić information content (AvgIpc) is 2.03. The van der Waals surface area contributed by atoms with Crippen LogP contribution in [0.25, 0.3) is 0 Å². The molecule has 1 aromatic carbocycles. The zero-order chi connectivity index (χ0) is 11.1.